The first kappa shape index (κ1) is 15.7. The van der Waals surface area contributed by atoms with E-state index >= 15 is 0 Å². The van der Waals surface area contributed by atoms with Gasteiger partial charge < -0.3 is 4.74 Å². The Morgan fingerprint density at radius 2 is 2.09 bits per heavy atom. The number of anilines is 1. The molecule has 6 heteroatoms. The Labute approximate surface area is 142 Å². The number of hydrogen-bond acceptors (Lipinski definition) is 5. The first-order valence-corrected chi connectivity index (χ1v) is 8.87. The van der Waals surface area contributed by atoms with Crippen molar-refractivity contribution in [2.45, 2.75) is 13.8 Å². The summed E-state index contributed by atoms with van der Waals surface area (Å²) < 4.78 is 5.60. The van der Waals surface area contributed by atoms with Crippen LogP contribution in [-0.4, -0.2) is 17.5 Å². The van der Waals surface area contributed by atoms with Crippen LogP contribution in [0.3, 0.4) is 0 Å². The van der Waals surface area contributed by atoms with Gasteiger partial charge in [-0.15, -0.1) is 22.7 Å². The molecule has 0 bridgehead atoms. The molecule has 1 aromatic carbocycles. The van der Waals surface area contributed by atoms with E-state index in [4.69, 9.17) is 4.74 Å². The molecule has 0 aliphatic rings. The molecule has 0 saturated carbocycles. The van der Waals surface area contributed by atoms with Crippen LogP contribution in [0.5, 0.6) is 5.75 Å². The Hall–Kier alpha value is -2.18. The van der Waals surface area contributed by atoms with E-state index in [-0.39, 0.29) is 12.5 Å². The summed E-state index contributed by atoms with van der Waals surface area (Å²) in [7, 11) is 0. The predicted octanol–water partition coefficient (Wildman–Crippen LogP) is 4.51. The molecule has 3 rings (SSSR count). The van der Waals surface area contributed by atoms with Crippen molar-refractivity contribution in [3.05, 3.63) is 52.2 Å². The van der Waals surface area contributed by atoms with Crippen molar-refractivity contribution in [1.82, 2.24) is 4.98 Å². The van der Waals surface area contributed by atoms with E-state index in [1.54, 1.807) is 11.3 Å². The van der Waals surface area contributed by atoms with Gasteiger partial charge in [-0.3, -0.25) is 10.1 Å². The van der Waals surface area contributed by atoms with E-state index in [2.05, 4.69) is 10.3 Å². The average molecular weight is 344 g/mol. The third-order valence-corrected chi connectivity index (χ3v) is 5.09. The van der Waals surface area contributed by atoms with Gasteiger partial charge in [0.15, 0.2) is 11.7 Å². The Morgan fingerprint density at radius 3 is 2.87 bits per heavy atom. The molecule has 4 nitrogen and oxygen atoms in total. The summed E-state index contributed by atoms with van der Waals surface area (Å²) in [5.74, 6) is 0.525. The standard InChI is InChI=1S/C17H16N2O2S2/c1-11-5-3-6-14(12(11)2)21-9-16(20)19-17-18-13(10-23-17)15-7-4-8-22-15/h3-8,10H,9H2,1-2H3,(H,18,19,20). The van der Waals surface area contributed by atoms with Crippen molar-refractivity contribution in [3.8, 4) is 16.3 Å². The van der Waals surface area contributed by atoms with Gasteiger partial charge in [-0.25, -0.2) is 4.98 Å². The molecule has 1 N–H and O–H groups in total. The second kappa shape index (κ2) is 6.93. The highest BCUT2D eigenvalue weighted by atomic mass is 32.1. The minimum atomic E-state index is -0.210. The summed E-state index contributed by atoms with van der Waals surface area (Å²) >= 11 is 3.04. The zero-order valence-corrected chi connectivity index (χ0v) is 14.5. The number of ether oxygens (including phenoxy) is 1. The number of amides is 1. The molecular formula is C17H16N2O2S2. The molecule has 1 amide bonds. The van der Waals surface area contributed by atoms with Crippen LogP contribution in [0, 0.1) is 13.8 Å². The molecular weight excluding hydrogens is 328 g/mol. The fraction of sp³-hybridized carbons (Fsp3) is 0.176. The van der Waals surface area contributed by atoms with Crippen LogP contribution in [0.4, 0.5) is 5.13 Å². The molecule has 118 valence electrons. The quantitative estimate of drug-likeness (QED) is 0.741. The highest BCUT2D eigenvalue weighted by Gasteiger charge is 2.10. The largest absolute Gasteiger partial charge is 0.483 e. The summed E-state index contributed by atoms with van der Waals surface area (Å²) in [6.07, 6.45) is 0. The predicted molar refractivity (Wildman–Crippen MR) is 95.5 cm³/mol. The van der Waals surface area contributed by atoms with Crippen LogP contribution < -0.4 is 10.1 Å². The molecule has 0 saturated heterocycles. The van der Waals surface area contributed by atoms with Gasteiger partial charge in [-0.2, -0.15) is 0 Å². The lowest BCUT2D eigenvalue weighted by molar-refractivity contribution is -0.118. The SMILES string of the molecule is Cc1cccc(OCC(=O)Nc2nc(-c3cccs3)cs2)c1C. The maximum atomic E-state index is 12.0. The maximum absolute atomic E-state index is 12.0. The number of thiazole rings is 1. The zero-order valence-electron chi connectivity index (χ0n) is 12.8. The molecule has 0 unspecified atom stereocenters. The minimum Gasteiger partial charge on any atom is -0.483 e. The van der Waals surface area contributed by atoms with E-state index in [0.717, 1.165) is 27.4 Å². The summed E-state index contributed by atoms with van der Waals surface area (Å²) in [6, 6.07) is 9.80. The van der Waals surface area contributed by atoms with Crippen LogP contribution in [0.1, 0.15) is 11.1 Å². The number of rotatable bonds is 5. The third kappa shape index (κ3) is 3.78. The highest BCUT2D eigenvalue weighted by Crippen LogP contribution is 2.28. The second-order valence-corrected chi connectivity index (χ2v) is 6.86. The van der Waals surface area contributed by atoms with Gasteiger partial charge in [0.1, 0.15) is 5.75 Å². The van der Waals surface area contributed by atoms with Gasteiger partial charge in [0.25, 0.3) is 5.91 Å². The lowest BCUT2D eigenvalue weighted by atomic mass is 10.1. The monoisotopic (exact) mass is 344 g/mol. The molecule has 3 aromatic rings. The molecule has 0 atom stereocenters. The molecule has 23 heavy (non-hydrogen) atoms. The van der Waals surface area contributed by atoms with E-state index in [0.29, 0.717) is 5.13 Å². The fourth-order valence-electron chi connectivity index (χ4n) is 2.05. The number of benzene rings is 1. The molecule has 2 aromatic heterocycles. The number of aryl methyl sites for hydroxylation is 1. The lowest BCUT2D eigenvalue weighted by Gasteiger charge is -2.10. The molecule has 0 fully saturated rings. The number of hydrogen-bond donors (Lipinski definition) is 1. The highest BCUT2D eigenvalue weighted by molar-refractivity contribution is 7.16. The number of aromatic nitrogens is 1. The van der Waals surface area contributed by atoms with E-state index in [1.807, 2.05) is 54.9 Å². The zero-order chi connectivity index (χ0) is 16.2. The molecule has 0 aliphatic carbocycles. The molecule has 0 aliphatic heterocycles. The van der Waals surface area contributed by atoms with Gasteiger partial charge >= 0.3 is 0 Å². The Morgan fingerprint density at radius 1 is 1.22 bits per heavy atom. The Bertz CT molecular complexity index is 810. The van der Waals surface area contributed by atoms with Crippen molar-refractivity contribution < 1.29 is 9.53 Å². The summed E-state index contributed by atoms with van der Waals surface area (Å²) in [6.45, 7) is 3.97. The van der Waals surface area contributed by atoms with Crippen LogP contribution in [0.25, 0.3) is 10.6 Å². The van der Waals surface area contributed by atoms with Crippen LogP contribution >= 0.6 is 22.7 Å². The number of nitrogens with one attached hydrogen (secondary N) is 1. The van der Waals surface area contributed by atoms with Crippen molar-refractivity contribution >= 4 is 33.7 Å². The first-order valence-electron chi connectivity index (χ1n) is 7.12. The summed E-state index contributed by atoms with van der Waals surface area (Å²) in [5.41, 5.74) is 3.08. The Balaban J connectivity index is 1.58. The summed E-state index contributed by atoms with van der Waals surface area (Å²) in [4.78, 5) is 17.5. The van der Waals surface area contributed by atoms with E-state index in [1.165, 1.54) is 11.3 Å². The minimum absolute atomic E-state index is 0.0296. The number of nitrogens with zero attached hydrogens (tertiary/aromatic N) is 1. The van der Waals surface area contributed by atoms with Gasteiger partial charge in [-0.1, -0.05) is 18.2 Å². The number of thiophene rings is 1. The molecule has 2 heterocycles. The normalized spacial score (nSPS) is 10.5. The van der Waals surface area contributed by atoms with Crippen molar-refractivity contribution in [3.63, 3.8) is 0 Å². The van der Waals surface area contributed by atoms with Gasteiger partial charge in [0.05, 0.1) is 10.6 Å². The third-order valence-electron chi connectivity index (χ3n) is 3.44. The summed E-state index contributed by atoms with van der Waals surface area (Å²) in [5, 5.41) is 7.31. The van der Waals surface area contributed by atoms with E-state index < -0.39 is 0 Å². The second-order valence-electron chi connectivity index (χ2n) is 5.05. The van der Waals surface area contributed by atoms with Crippen LogP contribution in [0.15, 0.2) is 41.1 Å². The molecule has 0 spiro atoms. The van der Waals surface area contributed by atoms with E-state index in [9.17, 15) is 4.79 Å². The van der Waals surface area contributed by atoms with Crippen molar-refractivity contribution in [2.24, 2.45) is 0 Å². The van der Waals surface area contributed by atoms with Crippen LogP contribution in [0.2, 0.25) is 0 Å². The Kier molecular flexibility index (Phi) is 4.73. The average Bonchev–Trinajstić information content (AvgIpc) is 3.19. The van der Waals surface area contributed by atoms with Gasteiger partial charge in [0, 0.05) is 5.38 Å². The first-order chi connectivity index (χ1) is 11.1. The van der Waals surface area contributed by atoms with Gasteiger partial charge in [0.2, 0.25) is 0 Å². The maximum Gasteiger partial charge on any atom is 0.264 e. The number of carbonyl (C=O) groups is 1. The van der Waals surface area contributed by atoms with Gasteiger partial charge in [-0.05, 0) is 42.5 Å². The smallest absolute Gasteiger partial charge is 0.264 e. The number of carbonyl (C=O) groups excluding carboxylic acids is 1. The molecule has 0 radical (unpaired) electrons. The topological polar surface area (TPSA) is 51.2 Å². The van der Waals surface area contributed by atoms with Crippen molar-refractivity contribution in [2.75, 3.05) is 11.9 Å². The van der Waals surface area contributed by atoms with Crippen molar-refractivity contribution in [1.29, 1.82) is 0 Å². The fourth-order valence-corrected chi connectivity index (χ4v) is 3.54. The lowest BCUT2D eigenvalue weighted by Crippen LogP contribution is -2.20. The van der Waals surface area contributed by atoms with Crippen LogP contribution in [-0.2, 0) is 4.79 Å².